The molecule has 21 heavy (non-hydrogen) atoms. The van der Waals surface area contributed by atoms with Crippen molar-refractivity contribution >= 4 is 29.4 Å². The summed E-state index contributed by atoms with van der Waals surface area (Å²) in [4.78, 5) is 15.9. The summed E-state index contributed by atoms with van der Waals surface area (Å²) < 4.78 is 5.14. The van der Waals surface area contributed by atoms with Crippen LogP contribution < -0.4 is 9.64 Å². The number of likely N-dealkylation sites (N-methyl/N-ethyl adjacent to an activating group) is 1. The molecule has 1 heterocycles. The molecule has 2 aromatic carbocycles. The number of thioether (sulfide) groups is 1. The second-order valence-corrected chi connectivity index (χ2v) is 5.80. The van der Waals surface area contributed by atoms with Crippen LogP contribution in [0, 0.1) is 0 Å². The van der Waals surface area contributed by atoms with Crippen LogP contribution in [-0.4, -0.2) is 20.1 Å². The Bertz CT molecular complexity index is 707. The van der Waals surface area contributed by atoms with Crippen LogP contribution in [0.4, 0.5) is 5.69 Å². The fraction of sp³-hybridized carbons (Fsp3) is 0.118. The highest BCUT2D eigenvalue weighted by molar-refractivity contribution is 8.04. The number of amides is 1. The van der Waals surface area contributed by atoms with E-state index in [1.165, 1.54) is 11.8 Å². The highest BCUT2D eigenvalue weighted by Gasteiger charge is 2.25. The quantitative estimate of drug-likeness (QED) is 0.790. The van der Waals surface area contributed by atoms with Gasteiger partial charge in [-0.15, -0.1) is 0 Å². The first-order chi connectivity index (χ1) is 10.2. The van der Waals surface area contributed by atoms with Gasteiger partial charge in [-0.3, -0.25) is 4.79 Å². The van der Waals surface area contributed by atoms with Crippen LogP contribution in [-0.2, 0) is 4.79 Å². The van der Waals surface area contributed by atoms with Crippen molar-refractivity contribution in [3.63, 3.8) is 0 Å². The molecular weight excluding hydrogens is 282 g/mol. The molecule has 0 aromatic heterocycles. The molecule has 1 amide bonds. The van der Waals surface area contributed by atoms with Crippen LogP contribution in [0.1, 0.15) is 5.56 Å². The Morgan fingerprint density at radius 3 is 2.52 bits per heavy atom. The van der Waals surface area contributed by atoms with Gasteiger partial charge in [0.15, 0.2) is 0 Å². The Morgan fingerprint density at radius 2 is 1.81 bits per heavy atom. The molecule has 0 saturated heterocycles. The van der Waals surface area contributed by atoms with Gasteiger partial charge in [-0.05, 0) is 35.9 Å². The smallest absolute Gasteiger partial charge is 0.264 e. The molecule has 1 aliphatic heterocycles. The van der Waals surface area contributed by atoms with Gasteiger partial charge in [0.25, 0.3) is 5.91 Å². The van der Waals surface area contributed by atoms with Gasteiger partial charge in [-0.1, -0.05) is 36.0 Å². The van der Waals surface area contributed by atoms with Crippen LogP contribution in [0.3, 0.4) is 0 Å². The lowest BCUT2D eigenvalue weighted by Crippen LogP contribution is -2.29. The number of anilines is 1. The summed E-state index contributed by atoms with van der Waals surface area (Å²) in [6.07, 6.45) is 1.92. The summed E-state index contributed by atoms with van der Waals surface area (Å²) >= 11 is 1.51. The lowest BCUT2D eigenvalue weighted by molar-refractivity contribution is -0.114. The van der Waals surface area contributed by atoms with Crippen molar-refractivity contribution in [3.8, 4) is 5.75 Å². The van der Waals surface area contributed by atoms with Gasteiger partial charge in [-0.2, -0.15) is 0 Å². The van der Waals surface area contributed by atoms with Crippen LogP contribution in [0.25, 0.3) is 6.08 Å². The third kappa shape index (κ3) is 2.67. The Hall–Kier alpha value is -2.20. The summed E-state index contributed by atoms with van der Waals surface area (Å²) in [5.74, 6) is 0.830. The lowest BCUT2D eigenvalue weighted by Gasteiger charge is -2.26. The molecule has 3 rings (SSSR count). The zero-order valence-corrected chi connectivity index (χ0v) is 12.7. The Kier molecular flexibility index (Phi) is 3.71. The lowest BCUT2D eigenvalue weighted by atomic mass is 10.2. The number of hydrogen-bond donors (Lipinski definition) is 0. The summed E-state index contributed by atoms with van der Waals surface area (Å²) in [6, 6.07) is 15.6. The van der Waals surface area contributed by atoms with E-state index in [2.05, 4.69) is 0 Å². The Balaban J connectivity index is 1.95. The zero-order chi connectivity index (χ0) is 14.8. The monoisotopic (exact) mass is 297 g/mol. The third-order valence-electron chi connectivity index (χ3n) is 3.38. The Labute approximate surface area is 128 Å². The summed E-state index contributed by atoms with van der Waals surface area (Å²) in [5, 5.41) is 0. The standard InChI is InChI=1S/C17H15NO2S/c1-18-14-5-3-4-6-15(14)21-16(17(18)19)11-12-7-9-13(20-2)10-8-12/h3-11H,1-2H3/b16-11+. The van der Waals surface area contributed by atoms with E-state index in [0.29, 0.717) is 0 Å². The first-order valence-corrected chi connectivity index (χ1v) is 7.41. The number of carbonyl (C=O) groups is 1. The first-order valence-electron chi connectivity index (χ1n) is 6.60. The molecule has 3 nitrogen and oxygen atoms in total. The largest absolute Gasteiger partial charge is 0.497 e. The number of benzene rings is 2. The van der Waals surface area contributed by atoms with Crippen LogP contribution >= 0.6 is 11.8 Å². The minimum absolute atomic E-state index is 0.0227. The predicted molar refractivity (Wildman–Crippen MR) is 86.7 cm³/mol. The number of para-hydroxylation sites is 1. The number of ether oxygens (including phenoxy) is 1. The van der Waals surface area contributed by atoms with Crippen molar-refractivity contribution in [1.82, 2.24) is 0 Å². The summed E-state index contributed by atoms with van der Waals surface area (Å²) in [5.41, 5.74) is 1.94. The number of fused-ring (bicyclic) bond motifs is 1. The van der Waals surface area contributed by atoms with Crippen molar-refractivity contribution in [2.75, 3.05) is 19.1 Å². The van der Waals surface area contributed by atoms with Crippen molar-refractivity contribution in [2.45, 2.75) is 4.90 Å². The van der Waals surface area contributed by atoms with Crippen molar-refractivity contribution in [2.24, 2.45) is 0 Å². The number of hydrogen-bond acceptors (Lipinski definition) is 3. The molecule has 4 heteroatoms. The summed E-state index contributed by atoms with van der Waals surface area (Å²) in [6.45, 7) is 0. The molecule has 0 N–H and O–H groups in total. The maximum atomic E-state index is 12.4. The molecule has 0 spiro atoms. The minimum atomic E-state index is 0.0227. The van der Waals surface area contributed by atoms with Crippen molar-refractivity contribution in [3.05, 3.63) is 59.0 Å². The van der Waals surface area contributed by atoms with Gasteiger partial charge in [-0.25, -0.2) is 0 Å². The average Bonchev–Trinajstić information content (AvgIpc) is 2.53. The molecule has 0 saturated carbocycles. The predicted octanol–water partition coefficient (Wildman–Crippen LogP) is 3.80. The van der Waals surface area contributed by atoms with Crippen molar-refractivity contribution in [1.29, 1.82) is 0 Å². The van der Waals surface area contributed by atoms with Crippen LogP contribution in [0.5, 0.6) is 5.75 Å². The molecule has 0 radical (unpaired) electrons. The maximum Gasteiger partial charge on any atom is 0.264 e. The highest BCUT2D eigenvalue weighted by Crippen LogP contribution is 2.41. The first kappa shape index (κ1) is 13.8. The normalized spacial score (nSPS) is 16.0. The van der Waals surface area contributed by atoms with Gasteiger partial charge in [0.05, 0.1) is 17.7 Å². The molecule has 2 aromatic rings. The number of rotatable bonds is 2. The van der Waals surface area contributed by atoms with Gasteiger partial charge in [0, 0.05) is 11.9 Å². The topological polar surface area (TPSA) is 29.5 Å². The van der Waals surface area contributed by atoms with Gasteiger partial charge in [0.1, 0.15) is 5.75 Å². The molecule has 0 atom stereocenters. The summed E-state index contributed by atoms with van der Waals surface area (Å²) in [7, 11) is 3.45. The number of carbonyl (C=O) groups excluding carboxylic acids is 1. The number of methoxy groups -OCH3 is 1. The molecule has 106 valence electrons. The number of nitrogens with zero attached hydrogens (tertiary/aromatic N) is 1. The maximum absolute atomic E-state index is 12.4. The molecule has 0 aliphatic carbocycles. The second kappa shape index (κ2) is 5.66. The fourth-order valence-electron chi connectivity index (χ4n) is 2.20. The highest BCUT2D eigenvalue weighted by atomic mass is 32.2. The zero-order valence-electron chi connectivity index (χ0n) is 11.9. The molecule has 0 bridgehead atoms. The van der Waals surface area contributed by atoms with E-state index < -0.39 is 0 Å². The van der Waals surface area contributed by atoms with E-state index in [-0.39, 0.29) is 5.91 Å². The van der Waals surface area contributed by atoms with Gasteiger partial charge >= 0.3 is 0 Å². The molecule has 0 fully saturated rings. The average molecular weight is 297 g/mol. The van der Waals surface area contributed by atoms with E-state index in [4.69, 9.17) is 4.74 Å². The molecule has 0 unspecified atom stereocenters. The third-order valence-corrected chi connectivity index (χ3v) is 4.45. The van der Waals surface area contributed by atoms with Gasteiger partial charge < -0.3 is 9.64 Å². The van der Waals surface area contributed by atoms with Crippen LogP contribution in [0.2, 0.25) is 0 Å². The second-order valence-electron chi connectivity index (χ2n) is 4.72. The molecular formula is C17H15NO2S. The fourth-order valence-corrected chi connectivity index (χ4v) is 3.31. The van der Waals surface area contributed by atoms with E-state index in [1.54, 1.807) is 12.0 Å². The minimum Gasteiger partial charge on any atom is -0.497 e. The van der Waals surface area contributed by atoms with E-state index in [0.717, 1.165) is 26.8 Å². The SMILES string of the molecule is COc1ccc(/C=C2/Sc3ccccc3N(C)C2=O)cc1. The van der Waals surface area contributed by atoms with E-state index in [9.17, 15) is 4.79 Å². The van der Waals surface area contributed by atoms with Crippen molar-refractivity contribution < 1.29 is 9.53 Å². The van der Waals surface area contributed by atoms with Gasteiger partial charge in [0.2, 0.25) is 0 Å². The van der Waals surface area contributed by atoms with E-state index >= 15 is 0 Å². The Morgan fingerprint density at radius 1 is 1.10 bits per heavy atom. The van der Waals surface area contributed by atoms with E-state index in [1.807, 2.05) is 61.7 Å². The van der Waals surface area contributed by atoms with Crippen LogP contribution in [0.15, 0.2) is 58.3 Å². The molecule has 1 aliphatic rings.